The molecule has 2 saturated heterocycles. The minimum Gasteiger partial charge on any atom is -0.339 e. The van der Waals surface area contributed by atoms with Crippen molar-refractivity contribution < 1.29 is 4.79 Å². The molecule has 2 aliphatic rings. The standard InChI is InChI=1S/C18H26N2O/c21-18(16-13-19-14-16)20-12-5-4-10-17(20)11-6-9-15-7-2-1-3-8-15/h1-3,7-8,16-17,19H,4-6,9-14H2. The van der Waals surface area contributed by atoms with Crippen LogP contribution in [0.3, 0.4) is 0 Å². The Morgan fingerprint density at radius 1 is 1.19 bits per heavy atom. The Bertz CT molecular complexity index is 456. The Morgan fingerprint density at radius 3 is 2.71 bits per heavy atom. The summed E-state index contributed by atoms with van der Waals surface area (Å²) >= 11 is 0. The fourth-order valence-electron chi connectivity index (χ4n) is 3.48. The van der Waals surface area contributed by atoms with E-state index in [4.69, 9.17) is 0 Å². The van der Waals surface area contributed by atoms with Gasteiger partial charge in [0, 0.05) is 25.7 Å². The van der Waals surface area contributed by atoms with Crippen molar-refractivity contribution in [3.63, 3.8) is 0 Å². The van der Waals surface area contributed by atoms with Crippen LogP contribution in [0.2, 0.25) is 0 Å². The summed E-state index contributed by atoms with van der Waals surface area (Å²) in [6, 6.07) is 11.2. The van der Waals surface area contributed by atoms with E-state index < -0.39 is 0 Å². The van der Waals surface area contributed by atoms with Crippen LogP contribution in [0.15, 0.2) is 30.3 Å². The molecule has 3 rings (SSSR count). The Labute approximate surface area is 127 Å². The molecular weight excluding hydrogens is 260 g/mol. The first-order valence-corrected chi connectivity index (χ1v) is 8.40. The van der Waals surface area contributed by atoms with E-state index >= 15 is 0 Å². The molecule has 3 nitrogen and oxygen atoms in total. The second-order valence-electron chi connectivity index (χ2n) is 6.41. The fourth-order valence-corrected chi connectivity index (χ4v) is 3.48. The van der Waals surface area contributed by atoms with Crippen molar-refractivity contribution in [3.8, 4) is 0 Å². The van der Waals surface area contributed by atoms with E-state index in [9.17, 15) is 4.79 Å². The summed E-state index contributed by atoms with van der Waals surface area (Å²) in [6.07, 6.45) is 7.12. The highest BCUT2D eigenvalue weighted by atomic mass is 16.2. The van der Waals surface area contributed by atoms with Gasteiger partial charge in [0.15, 0.2) is 0 Å². The van der Waals surface area contributed by atoms with Crippen LogP contribution in [0.5, 0.6) is 0 Å². The first kappa shape index (κ1) is 14.6. The number of carbonyl (C=O) groups excluding carboxylic acids is 1. The average Bonchev–Trinajstić information content (AvgIpc) is 2.47. The molecule has 0 aromatic heterocycles. The molecule has 1 amide bonds. The Kier molecular flexibility index (Phi) is 4.91. The van der Waals surface area contributed by atoms with Crippen LogP contribution in [0.25, 0.3) is 0 Å². The van der Waals surface area contributed by atoms with Crippen molar-refractivity contribution >= 4 is 5.91 Å². The second kappa shape index (κ2) is 7.08. The molecule has 0 aliphatic carbocycles. The maximum Gasteiger partial charge on any atom is 0.228 e. The predicted octanol–water partition coefficient (Wildman–Crippen LogP) is 2.61. The van der Waals surface area contributed by atoms with Crippen molar-refractivity contribution in [2.24, 2.45) is 5.92 Å². The van der Waals surface area contributed by atoms with Gasteiger partial charge in [-0.15, -0.1) is 0 Å². The van der Waals surface area contributed by atoms with Crippen LogP contribution >= 0.6 is 0 Å². The van der Waals surface area contributed by atoms with Crippen LogP contribution in [-0.4, -0.2) is 36.5 Å². The Balaban J connectivity index is 1.50. The average molecular weight is 286 g/mol. The Morgan fingerprint density at radius 2 is 2.00 bits per heavy atom. The maximum absolute atomic E-state index is 12.5. The van der Waals surface area contributed by atoms with Gasteiger partial charge >= 0.3 is 0 Å². The topological polar surface area (TPSA) is 32.3 Å². The van der Waals surface area contributed by atoms with E-state index in [1.807, 2.05) is 0 Å². The number of carbonyl (C=O) groups is 1. The number of hydrogen-bond acceptors (Lipinski definition) is 2. The molecule has 0 radical (unpaired) electrons. The van der Waals surface area contributed by atoms with Crippen LogP contribution in [-0.2, 0) is 11.2 Å². The summed E-state index contributed by atoms with van der Waals surface area (Å²) in [7, 11) is 0. The zero-order chi connectivity index (χ0) is 14.5. The molecule has 1 aromatic carbocycles. The Hall–Kier alpha value is -1.35. The van der Waals surface area contributed by atoms with E-state index in [0.717, 1.165) is 32.5 Å². The molecule has 0 bridgehead atoms. The van der Waals surface area contributed by atoms with Gasteiger partial charge in [0.2, 0.25) is 5.91 Å². The molecule has 114 valence electrons. The summed E-state index contributed by atoms with van der Waals surface area (Å²) in [6.45, 7) is 2.74. The van der Waals surface area contributed by atoms with Gasteiger partial charge in [-0.25, -0.2) is 0 Å². The molecule has 2 aliphatic heterocycles. The number of nitrogens with zero attached hydrogens (tertiary/aromatic N) is 1. The number of benzene rings is 1. The second-order valence-corrected chi connectivity index (χ2v) is 6.41. The molecule has 0 spiro atoms. The lowest BCUT2D eigenvalue weighted by atomic mass is 9.93. The molecule has 0 saturated carbocycles. The number of piperidine rings is 1. The summed E-state index contributed by atoms with van der Waals surface area (Å²) in [5.74, 6) is 0.651. The van der Waals surface area contributed by atoms with Gasteiger partial charge in [-0.2, -0.15) is 0 Å². The molecule has 1 N–H and O–H groups in total. The van der Waals surface area contributed by atoms with E-state index in [0.29, 0.717) is 11.9 Å². The van der Waals surface area contributed by atoms with Gasteiger partial charge in [0.25, 0.3) is 0 Å². The van der Waals surface area contributed by atoms with Gasteiger partial charge in [0.1, 0.15) is 0 Å². The van der Waals surface area contributed by atoms with Crippen LogP contribution in [0, 0.1) is 5.92 Å². The number of nitrogens with one attached hydrogen (secondary N) is 1. The molecular formula is C18H26N2O. The van der Waals surface area contributed by atoms with E-state index in [1.165, 1.54) is 31.2 Å². The molecule has 3 heteroatoms. The highest BCUT2D eigenvalue weighted by Gasteiger charge is 2.33. The number of likely N-dealkylation sites (tertiary alicyclic amines) is 1. The first-order valence-electron chi connectivity index (χ1n) is 8.40. The zero-order valence-electron chi connectivity index (χ0n) is 12.8. The van der Waals surface area contributed by atoms with E-state index in [-0.39, 0.29) is 5.92 Å². The fraction of sp³-hybridized carbons (Fsp3) is 0.611. The third-order valence-corrected chi connectivity index (χ3v) is 4.89. The number of hydrogen-bond donors (Lipinski definition) is 1. The molecule has 2 heterocycles. The normalized spacial score (nSPS) is 22.9. The van der Waals surface area contributed by atoms with Crippen molar-refractivity contribution in [3.05, 3.63) is 35.9 Å². The lowest BCUT2D eigenvalue weighted by molar-refractivity contribution is -0.141. The number of aryl methyl sites for hydroxylation is 1. The van der Waals surface area contributed by atoms with E-state index in [2.05, 4.69) is 40.5 Å². The minimum absolute atomic E-state index is 0.250. The molecule has 21 heavy (non-hydrogen) atoms. The summed E-state index contributed by atoms with van der Waals surface area (Å²) in [5.41, 5.74) is 1.41. The molecule has 1 aromatic rings. The maximum atomic E-state index is 12.5. The molecule has 1 unspecified atom stereocenters. The van der Waals surface area contributed by atoms with Crippen molar-refractivity contribution in [2.45, 2.75) is 44.6 Å². The monoisotopic (exact) mass is 286 g/mol. The third kappa shape index (κ3) is 3.65. The summed E-state index contributed by atoms with van der Waals surface area (Å²) in [4.78, 5) is 14.7. The number of amides is 1. The minimum atomic E-state index is 0.250. The first-order chi connectivity index (χ1) is 10.3. The van der Waals surface area contributed by atoms with Gasteiger partial charge in [-0.3, -0.25) is 4.79 Å². The van der Waals surface area contributed by atoms with Gasteiger partial charge < -0.3 is 10.2 Å². The summed E-state index contributed by atoms with van der Waals surface area (Å²) in [5, 5.41) is 3.21. The highest BCUT2D eigenvalue weighted by Crippen LogP contribution is 2.24. The largest absolute Gasteiger partial charge is 0.339 e. The van der Waals surface area contributed by atoms with Gasteiger partial charge in [0.05, 0.1) is 5.92 Å². The molecule has 2 fully saturated rings. The van der Waals surface area contributed by atoms with Crippen molar-refractivity contribution in [1.29, 1.82) is 0 Å². The van der Waals surface area contributed by atoms with Gasteiger partial charge in [-0.1, -0.05) is 30.3 Å². The highest BCUT2D eigenvalue weighted by molar-refractivity contribution is 5.80. The van der Waals surface area contributed by atoms with Crippen molar-refractivity contribution in [2.75, 3.05) is 19.6 Å². The lowest BCUT2D eigenvalue weighted by Crippen LogP contribution is -2.55. The van der Waals surface area contributed by atoms with E-state index in [1.54, 1.807) is 0 Å². The van der Waals surface area contributed by atoms with Gasteiger partial charge in [-0.05, 0) is 44.1 Å². The van der Waals surface area contributed by atoms with Crippen LogP contribution in [0.1, 0.15) is 37.7 Å². The van der Waals surface area contributed by atoms with Crippen LogP contribution in [0.4, 0.5) is 0 Å². The SMILES string of the molecule is O=C(C1CNC1)N1CCCCC1CCCc1ccccc1. The number of rotatable bonds is 5. The molecule has 1 atom stereocenters. The quantitative estimate of drug-likeness (QED) is 0.902. The summed E-state index contributed by atoms with van der Waals surface area (Å²) < 4.78 is 0. The predicted molar refractivity (Wildman–Crippen MR) is 85.1 cm³/mol. The van der Waals surface area contributed by atoms with Crippen molar-refractivity contribution in [1.82, 2.24) is 10.2 Å². The van der Waals surface area contributed by atoms with Crippen LogP contribution < -0.4 is 5.32 Å². The zero-order valence-corrected chi connectivity index (χ0v) is 12.8. The smallest absolute Gasteiger partial charge is 0.228 e. The third-order valence-electron chi connectivity index (χ3n) is 4.89. The lowest BCUT2D eigenvalue weighted by Gasteiger charge is -2.40.